The fraction of sp³-hybridized carbons (Fsp3) is 0.190. The SMILES string of the molecule is O=S(=O)(c1ccccc1)N1CCN(c2ncnc3c(-c4ccc(F)cc4)nsc23)CC1. The molecule has 5 rings (SSSR count). The molecule has 1 aliphatic rings. The van der Waals surface area contributed by atoms with Gasteiger partial charge in [0.25, 0.3) is 0 Å². The van der Waals surface area contributed by atoms with E-state index in [1.54, 1.807) is 42.5 Å². The van der Waals surface area contributed by atoms with E-state index in [-0.39, 0.29) is 5.82 Å². The summed E-state index contributed by atoms with van der Waals surface area (Å²) in [6, 6.07) is 14.6. The highest BCUT2D eigenvalue weighted by atomic mass is 32.2. The summed E-state index contributed by atoms with van der Waals surface area (Å²) in [5.74, 6) is 0.439. The molecule has 0 saturated carbocycles. The Morgan fingerprint density at radius 2 is 1.61 bits per heavy atom. The zero-order valence-electron chi connectivity index (χ0n) is 16.3. The number of rotatable bonds is 4. The van der Waals surface area contributed by atoms with Crippen LogP contribution in [0.3, 0.4) is 0 Å². The van der Waals surface area contributed by atoms with Crippen LogP contribution in [0.1, 0.15) is 0 Å². The fourth-order valence-electron chi connectivity index (χ4n) is 3.66. The Labute approximate surface area is 183 Å². The maximum Gasteiger partial charge on any atom is 0.243 e. The summed E-state index contributed by atoms with van der Waals surface area (Å²) in [6.45, 7) is 1.77. The number of anilines is 1. The van der Waals surface area contributed by atoms with Gasteiger partial charge < -0.3 is 4.90 Å². The van der Waals surface area contributed by atoms with Gasteiger partial charge in [0.2, 0.25) is 10.0 Å². The van der Waals surface area contributed by atoms with Crippen LogP contribution in [-0.4, -0.2) is 53.2 Å². The summed E-state index contributed by atoms with van der Waals surface area (Å²) < 4.78 is 45.9. The van der Waals surface area contributed by atoms with Gasteiger partial charge in [-0.1, -0.05) is 18.2 Å². The Morgan fingerprint density at radius 3 is 2.32 bits per heavy atom. The molecular weight excluding hydrogens is 437 g/mol. The van der Waals surface area contributed by atoms with Crippen LogP contribution in [0.15, 0.2) is 65.8 Å². The zero-order chi connectivity index (χ0) is 21.4. The lowest BCUT2D eigenvalue weighted by atomic mass is 10.1. The molecule has 0 atom stereocenters. The van der Waals surface area contributed by atoms with Crippen LogP contribution in [0.4, 0.5) is 10.2 Å². The average molecular weight is 456 g/mol. The van der Waals surface area contributed by atoms with Gasteiger partial charge in [0.05, 0.1) is 4.90 Å². The summed E-state index contributed by atoms with van der Waals surface area (Å²) in [5, 5.41) is 0. The predicted molar refractivity (Wildman–Crippen MR) is 118 cm³/mol. The number of hydrogen-bond donors (Lipinski definition) is 0. The van der Waals surface area contributed by atoms with Crippen molar-refractivity contribution in [2.45, 2.75) is 4.90 Å². The van der Waals surface area contributed by atoms with Gasteiger partial charge in [-0.05, 0) is 47.9 Å². The van der Waals surface area contributed by atoms with Crippen molar-refractivity contribution in [3.05, 3.63) is 66.7 Å². The maximum atomic E-state index is 13.3. The molecule has 1 fully saturated rings. The molecule has 0 unspecified atom stereocenters. The maximum absolute atomic E-state index is 13.3. The smallest absolute Gasteiger partial charge is 0.243 e. The lowest BCUT2D eigenvalue weighted by Gasteiger charge is -2.34. The Bertz CT molecular complexity index is 1320. The largest absolute Gasteiger partial charge is 0.353 e. The fourth-order valence-corrected chi connectivity index (χ4v) is 5.97. The number of sulfonamides is 1. The standard InChI is InChI=1S/C21H18FN5O2S2/c22-16-8-6-15(7-9-16)18-19-20(30-25-18)21(24-14-23-19)26-10-12-27(13-11-26)31(28,29)17-4-2-1-3-5-17/h1-9,14H,10-13H2. The van der Waals surface area contributed by atoms with Crippen molar-refractivity contribution >= 4 is 37.6 Å². The Hall–Kier alpha value is -2.95. The third kappa shape index (κ3) is 3.67. The molecule has 2 aromatic heterocycles. The van der Waals surface area contributed by atoms with E-state index in [4.69, 9.17) is 0 Å². The first kappa shape index (κ1) is 20.0. The van der Waals surface area contributed by atoms with E-state index in [0.717, 1.165) is 16.1 Å². The number of benzene rings is 2. The quantitative estimate of drug-likeness (QED) is 0.469. The van der Waals surface area contributed by atoms with Gasteiger partial charge in [-0.3, -0.25) is 0 Å². The highest BCUT2D eigenvalue weighted by Gasteiger charge is 2.30. The molecule has 3 heterocycles. The minimum Gasteiger partial charge on any atom is -0.353 e. The van der Waals surface area contributed by atoms with Gasteiger partial charge in [-0.2, -0.15) is 8.68 Å². The molecular formula is C21H18FN5O2S2. The van der Waals surface area contributed by atoms with Crippen molar-refractivity contribution in [1.29, 1.82) is 0 Å². The lowest BCUT2D eigenvalue weighted by Crippen LogP contribution is -2.48. The van der Waals surface area contributed by atoms with Crippen LogP contribution in [0.5, 0.6) is 0 Å². The van der Waals surface area contributed by atoms with Crippen molar-refractivity contribution < 1.29 is 12.8 Å². The number of hydrogen-bond acceptors (Lipinski definition) is 7. The van der Waals surface area contributed by atoms with Crippen LogP contribution < -0.4 is 4.90 Å². The van der Waals surface area contributed by atoms with E-state index in [1.807, 2.05) is 0 Å². The topological polar surface area (TPSA) is 79.3 Å². The van der Waals surface area contributed by atoms with Crippen LogP contribution in [-0.2, 0) is 10.0 Å². The molecule has 0 bridgehead atoms. The molecule has 1 saturated heterocycles. The summed E-state index contributed by atoms with van der Waals surface area (Å²) in [5.41, 5.74) is 2.19. The predicted octanol–water partition coefficient (Wildman–Crippen LogP) is 3.40. The molecule has 2 aromatic carbocycles. The Balaban J connectivity index is 1.40. The van der Waals surface area contributed by atoms with Crippen LogP contribution in [0.2, 0.25) is 0 Å². The zero-order valence-corrected chi connectivity index (χ0v) is 18.0. The molecule has 10 heteroatoms. The number of fused-ring (bicyclic) bond motifs is 1. The van der Waals surface area contributed by atoms with E-state index >= 15 is 0 Å². The first-order valence-corrected chi connectivity index (χ1v) is 11.9. The normalized spacial score (nSPS) is 15.5. The van der Waals surface area contributed by atoms with Gasteiger partial charge in [0.1, 0.15) is 28.1 Å². The van der Waals surface area contributed by atoms with Crippen LogP contribution in [0, 0.1) is 5.82 Å². The first-order chi connectivity index (χ1) is 15.0. The van der Waals surface area contributed by atoms with Crippen molar-refractivity contribution in [1.82, 2.24) is 18.6 Å². The molecule has 4 aromatic rings. The molecule has 0 N–H and O–H groups in total. The first-order valence-electron chi connectivity index (χ1n) is 9.70. The second kappa shape index (κ2) is 7.95. The summed E-state index contributed by atoms with van der Waals surface area (Å²) in [7, 11) is -3.51. The van der Waals surface area contributed by atoms with Gasteiger partial charge in [0, 0.05) is 31.7 Å². The molecule has 0 radical (unpaired) electrons. The second-order valence-corrected chi connectivity index (χ2v) is 9.83. The number of aromatic nitrogens is 3. The average Bonchev–Trinajstić information content (AvgIpc) is 3.25. The van der Waals surface area contributed by atoms with Gasteiger partial charge >= 0.3 is 0 Å². The van der Waals surface area contributed by atoms with Crippen molar-refractivity contribution in [2.24, 2.45) is 0 Å². The van der Waals surface area contributed by atoms with E-state index in [1.165, 1.54) is 34.3 Å². The molecule has 158 valence electrons. The van der Waals surface area contributed by atoms with E-state index in [2.05, 4.69) is 19.2 Å². The van der Waals surface area contributed by atoms with Gasteiger partial charge in [-0.15, -0.1) is 0 Å². The minimum atomic E-state index is -3.51. The van der Waals surface area contributed by atoms with Crippen LogP contribution >= 0.6 is 11.5 Å². The van der Waals surface area contributed by atoms with E-state index < -0.39 is 10.0 Å². The van der Waals surface area contributed by atoms with E-state index in [9.17, 15) is 12.8 Å². The summed E-state index contributed by atoms with van der Waals surface area (Å²) in [4.78, 5) is 11.2. The van der Waals surface area contributed by atoms with Gasteiger partial charge in [-0.25, -0.2) is 22.8 Å². The monoisotopic (exact) mass is 455 g/mol. The highest BCUT2D eigenvalue weighted by molar-refractivity contribution is 7.89. The van der Waals surface area contributed by atoms with Crippen LogP contribution in [0.25, 0.3) is 21.5 Å². The highest BCUT2D eigenvalue weighted by Crippen LogP contribution is 2.34. The Kier molecular flexibility index (Phi) is 5.12. The number of nitrogens with zero attached hydrogens (tertiary/aromatic N) is 5. The summed E-state index contributed by atoms with van der Waals surface area (Å²) in [6.07, 6.45) is 1.49. The van der Waals surface area contributed by atoms with Crippen molar-refractivity contribution in [3.63, 3.8) is 0 Å². The molecule has 0 aliphatic carbocycles. The molecule has 0 amide bonds. The minimum absolute atomic E-state index is 0.304. The third-order valence-electron chi connectivity index (χ3n) is 5.27. The Morgan fingerprint density at radius 1 is 0.903 bits per heavy atom. The number of piperazine rings is 1. The van der Waals surface area contributed by atoms with Crippen molar-refractivity contribution in [2.75, 3.05) is 31.1 Å². The third-order valence-corrected chi connectivity index (χ3v) is 8.02. The summed E-state index contributed by atoms with van der Waals surface area (Å²) >= 11 is 1.29. The van der Waals surface area contributed by atoms with Crippen molar-refractivity contribution in [3.8, 4) is 11.3 Å². The molecule has 7 nitrogen and oxygen atoms in total. The molecule has 0 spiro atoms. The number of halogens is 1. The molecule has 31 heavy (non-hydrogen) atoms. The van der Waals surface area contributed by atoms with E-state index in [0.29, 0.717) is 42.3 Å². The lowest BCUT2D eigenvalue weighted by molar-refractivity contribution is 0.384. The molecule has 1 aliphatic heterocycles. The second-order valence-electron chi connectivity index (χ2n) is 7.12. The van der Waals surface area contributed by atoms with Gasteiger partial charge in [0.15, 0.2) is 5.82 Å².